The Morgan fingerprint density at radius 1 is 1.31 bits per heavy atom. The van der Waals surface area contributed by atoms with Crippen molar-refractivity contribution in [2.45, 2.75) is 0 Å². The molecule has 2 N–H and O–H groups in total. The van der Waals surface area contributed by atoms with Crippen molar-refractivity contribution in [2.24, 2.45) is 0 Å². The van der Waals surface area contributed by atoms with Crippen LogP contribution in [-0.4, -0.2) is 5.10 Å². The standard InChI is InChI=1S/C7H6N4O2/c8-7-9-11(13)6-4-2-1-3-5(6)10(7)12/h1-4H,(H2,8,9)/i1D,2D,3D,4D. The van der Waals surface area contributed by atoms with Crippen LogP contribution >= 0.6 is 0 Å². The largest absolute Gasteiger partial charge is 0.739 e. The molecular formula is C7H6N4O2. The molecule has 0 radical (unpaired) electrons. The van der Waals surface area contributed by atoms with Gasteiger partial charge in [0.1, 0.15) is 0 Å². The second kappa shape index (κ2) is 2.44. The van der Waals surface area contributed by atoms with Crippen molar-refractivity contribution in [3.05, 3.63) is 34.6 Å². The summed E-state index contributed by atoms with van der Waals surface area (Å²) in [5.41, 5.74) is 4.09. The second-order valence-corrected chi connectivity index (χ2v) is 2.22. The summed E-state index contributed by atoms with van der Waals surface area (Å²) in [6.07, 6.45) is 0. The lowest BCUT2D eigenvalue weighted by Crippen LogP contribution is -2.44. The fourth-order valence-electron chi connectivity index (χ4n) is 0.883. The summed E-state index contributed by atoms with van der Waals surface area (Å²) in [6.45, 7) is 0. The van der Waals surface area contributed by atoms with Crippen LogP contribution in [0.1, 0.15) is 5.48 Å². The Labute approximate surface area is 78.6 Å². The molecule has 0 aliphatic heterocycles. The van der Waals surface area contributed by atoms with Crippen molar-refractivity contribution < 1.29 is 15.1 Å². The van der Waals surface area contributed by atoms with Gasteiger partial charge in [-0.25, -0.2) is 4.73 Å². The van der Waals surface area contributed by atoms with Crippen molar-refractivity contribution >= 4 is 17.0 Å². The topological polar surface area (TPSA) is 92.8 Å². The van der Waals surface area contributed by atoms with Crippen molar-refractivity contribution in [1.82, 2.24) is 5.10 Å². The Morgan fingerprint density at radius 2 is 1.92 bits per heavy atom. The van der Waals surface area contributed by atoms with Gasteiger partial charge >= 0.3 is 5.95 Å². The molecule has 0 aliphatic rings. The van der Waals surface area contributed by atoms with Crippen LogP contribution in [0.5, 0.6) is 0 Å². The minimum Gasteiger partial charge on any atom is -0.739 e. The molecule has 0 atom stereocenters. The zero-order valence-electron chi connectivity index (χ0n) is 10.2. The van der Waals surface area contributed by atoms with Gasteiger partial charge < -0.3 is 10.4 Å². The summed E-state index contributed by atoms with van der Waals surface area (Å²) in [4.78, 5) is -0.0864. The first kappa shape index (κ1) is 4.22. The molecular weight excluding hydrogens is 172 g/mol. The lowest BCUT2D eigenvalue weighted by molar-refractivity contribution is -0.672. The van der Waals surface area contributed by atoms with E-state index in [1.54, 1.807) is 0 Å². The lowest BCUT2D eigenvalue weighted by Gasteiger charge is -2.05. The monoisotopic (exact) mass is 182 g/mol. The zero-order valence-corrected chi connectivity index (χ0v) is 6.24. The quantitative estimate of drug-likeness (QED) is 0.421. The third kappa shape index (κ3) is 0.994. The Morgan fingerprint density at radius 3 is 2.62 bits per heavy atom. The Kier molecular flexibility index (Phi) is 0.793. The predicted octanol–water partition coefficient (Wildman–Crippen LogP) is -0.916. The summed E-state index contributed by atoms with van der Waals surface area (Å²) in [6, 6.07) is -2.49. The number of benzene rings is 1. The van der Waals surface area contributed by atoms with Crippen molar-refractivity contribution in [2.75, 3.05) is 5.73 Å². The van der Waals surface area contributed by atoms with Gasteiger partial charge in [-0.05, 0) is 6.04 Å². The Hall–Kier alpha value is -2.11. The number of para-hydroxylation sites is 2. The molecule has 6 nitrogen and oxygen atoms in total. The summed E-state index contributed by atoms with van der Waals surface area (Å²) in [5.74, 6) is -0.683. The highest BCUT2D eigenvalue weighted by atomic mass is 16.5. The minimum absolute atomic E-state index is 0.00157. The Balaban J connectivity index is 3.17. The number of aromatic nitrogens is 3. The minimum atomic E-state index is -0.683. The van der Waals surface area contributed by atoms with Gasteiger partial charge in [0.2, 0.25) is 5.10 Å². The van der Waals surface area contributed by atoms with E-state index in [0.717, 1.165) is 0 Å². The van der Waals surface area contributed by atoms with Gasteiger partial charge in [-0.1, -0.05) is 12.1 Å². The number of fused-ring (bicyclic) bond motifs is 1. The average Bonchev–Trinajstić information content (AvgIpc) is 2.28. The maximum absolute atomic E-state index is 11.5. The van der Waals surface area contributed by atoms with E-state index in [1.807, 2.05) is 0 Å². The number of nitrogens with zero attached hydrogens (tertiary/aromatic N) is 3. The molecule has 0 spiro atoms. The first-order valence-corrected chi connectivity index (χ1v) is 3.25. The third-order valence-electron chi connectivity index (χ3n) is 1.44. The maximum Gasteiger partial charge on any atom is 0.458 e. The summed E-state index contributed by atoms with van der Waals surface area (Å²) >= 11 is 0. The fourth-order valence-corrected chi connectivity index (χ4v) is 0.883. The van der Waals surface area contributed by atoms with Crippen molar-refractivity contribution in [3.63, 3.8) is 0 Å². The molecule has 1 heterocycles. The van der Waals surface area contributed by atoms with Gasteiger partial charge in [0.25, 0.3) is 5.52 Å². The summed E-state index contributed by atoms with van der Waals surface area (Å²) in [7, 11) is 0. The normalized spacial score (nSPS) is 14.8. The highest BCUT2D eigenvalue weighted by Crippen LogP contribution is 2.03. The molecule has 2 aromatic rings. The lowest BCUT2D eigenvalue weighted by atomic mass is 10.3. The molecule has 2 rings (SSSR count). The van der Waals surface area contributed by atoms with Crippen molar-refractivity contribution in [3.8, 4) is 0 Å². The maximum atomic E-state index is 11.5. The van der Waals surface area contributed by atoms with Gasteiger partial charge in [-0.2, -0.15) is 0 Å². The van der Waals surface area contributed by atoms with E-state index in [1.165, 1.54) is 0 Å². The van der Waals surface area contributed by atoms with E-state index in [9.17, 15) is 10.4 Å². The third-order valence-corrected chi connectivity index (χ3v) is 1.44. The smallest absolute Gasteiger partial charge is 0.458 e. The van der Waals surface area contributed by atoms with Crippen LogP contribution in [0.25, 0.3) is 11.0 Å². The number of hydrogen-bond donors (Lipinski definition) is 1. The second-order valence-electron chi connectivity index (χ2n) is 2.22. The molecule has 0 fully saturated rings. The van der Waals surface area contributed by atoms with Crippen molar-refractivity contribution in [1.29, 1.82) is 0 Å². The SMILES string of the molecule is [2H]c1c([2H])c([2H])c2c(c1[2H])[n+]([O-])nc(N)[n+]2[O-]. The van der Waals surface area contributed by atoms with Crippen LogP contribution in [0.4, 0.5) is 5.95 Å². The number of rotatable bonds is 0. The predicted molar refractivity (Wildman–Crippen MR) is 44.1 cm³/mol. The molecule has 0 saturated carbocycles. The molecule has 0 aliphatic carbocycles. The molecule has 13 heavy (non-hydrogen) atoms. The summed E-state index contributed by atoms with van der Waals surface area (Å²) < 4.78 is 29.8. The van der Waals surface area contributed by atoms with Gasteiger partial charge in [0.05, 0.1) is 5.48 Å². The molecule has 0 amide bonds. The molecule has 66 valence electrons. The van der Waals surface area contributed by atoms with E-state index in [-0.39, 0.29) is 9.58 Å². The van der Waals surface area contributed by atoms with Gasteiger partial charge in [-0.15, -0.1) is 0 Å². The van der Waals surface area contributed by atoms with E-state index >= 15 is 0 Å². The molecule has 0 unspecified atom stereocenters. The van der Waals surface area contributed by atoms with Gasteiger partial charge in [0.15, 0.2) is 5.52 Å². The average molecular weight is 182 g/mol. The number of hydrogen-bond acceptors (Lipinski definition) is 4. The number of anilines is 1. The molecule has 0 saturated heterocycles. The van der Waals surface area contributed by atoms with Gasteiger partial charge in [-0.3, -0.25) is 5.73 Å². The van der Waals surface area contributed by atoms with Crippen LogP contribution < -0.4 is 15.3 Å². The van der Waals surface area contributed by atoms with Crippen LogP contribution in [0.3, 0.4) is 0 Å². The van der Waals surface area contributed by atoms with Crippen LogP contribution in [0, 0.1) is 10.4 Å². The fraction of sp³-hybridized carbons (Fsp3) is 0. The highest BCUT2D eigenvalue weighted by Gasteiger charge is 2.15. The van der Waals surface area contributed by atoms with E-state index in [0.29, 0.717) is 0 Å². The molecule has 6 heteroatoms. The van der Waals surface area contributed by atoms with E-state index in [2.05, 4.69) is 5.10 Å². The number of nitrogens with two attached hydrogens (primary N) is 1. The molecule has 1 aromatic heterocycles. The molecule has 1 aromatic carbocycles. The highest BCUT2D eigenvalue weighted by molar-refractivity contribution is 5.67. The molecule has 0 bridgehead atoms. The van der Waals surface area contributed by atoms with Crippen LogP contribution in [0.15, 0.2) is 24.2 Å². The zero-order chi connectivity index (χ0) is 12.9. The number of nitrogen functional groups attached to an aromatic ring is 1. The van der Waals surface area contributed by atoms with E-state index in [4.69, 9.17) is 11.2 Å². The van der Waals surface area contributed by atoms with Gasteiger partial charge in [0, 0.05) is 10.9 Å². The van der Waals surface area contributed by atoms with Crippen LogP contribution in [-0.2, 0) is 0 Å². The van der Waals surface area contributed by atoms with E-state index < -0.39 is 41.2 Å². The first-order chi connectivity index (χ1) is 7.86. The summed E-state index contributed by atoms with van der Waals surface area (Å²) in [5, 5.41) is 26.1. The Bertz CT molecular complexity index is 648. The van der Waals surface area contributed by atoms with Crippen LogP contribution in [0.2, 0.25) is 0 Å². The first-order valence-electron chi connectivity index (χ1n) is 5.25.